The van der Waals surface area contributed by atoms with Gasteiger partial charge in [0.15, 0.2) is 0 Å². The summed E-state index contributed by atoms with van der Waals surface area (Å²) in [4.78, 5) is 47.3. The number of amides is 2. The first-order chi connectivity index (χ1) is 13.9. The number of carbonyl (C=O) groups is 4. The lowest BCUT2D eigenvalue weighted by molar-refractivity contribution is -0.138. The number of nitrogens with zero attached hydrogens (tertiary/aromatic N) is 1. The molecule has 0 fully saturated rings. The summed E-state index contributed by atoms with van der Waals surface area (Å²) in [6.45, 7) is 0. The number of carboxylic acid groups (broad SMARTS) is 2. The Bertz CT molecular complexity index is 848. The van der Waals surface area contributed by atoms with Gasteiger partial charge in [0.2, 0.25) is 11.8 Å². The minimum Gasteiger partial charge on any atom is -0.481 e. The molecule has 2 rings (SSSR count). The van der Waals surface area contributed by atoms with Crippen LogP contribution >= 0.6 is 11.3 Å². The molecule has 1 heterocycles. The summed E-state index contributed by atoms with van der Waals surface area (Å²) in [7, 11) is 0. The molecule has 0 aliphatic heterocycles. The SMILES string of the molecule is O=C(O)CCCC(=O)Nc1ccc(N(C(=O)CCCC(=O)O)c2cccs2)cc1. The average molecular weight is 418 g/mol. The van der Waals surface area contributed by atoms with E-state index in [0.29, 0.717) is 11.4 Å². The molecule has 1 aromatic carbocycles. The van der Waals surface area contributed by atoms with Crippen LogP contribution in [0.1, 0.15) is 38.5 Å². The summed E-state index contributed by atoms with van der Waals surface area (Å²) in [6.07, 6.45) is 0.587. The molecule has 0 spiro atoms. The Kier molecular flexibility index (Phi) is 8.35. The monoisotopic (exact) mass is 418 g/mol. The summed E-state index contributed by atoms with van der Waals surface area (Å²) in [6, 6.07) is 10.3. The van der Waals surface area contributed by atoms with Gasteiger partial charge in [-0.15, -0.1) is 11.3 Å². The number of rotatable bonds is 11. The Morgan fingerprint density at radius 2 is 1.48 bits per heavy atom. The highest BCUT2D eigenvalue weighted by molar-refractivity contribution is 7.14. The van der Waals surface area contributed by atoms with Crippen molar-refractivity contribution in [2.24, 2.45) is 0 Å². The standard InChI is InChI=1S/C20H22N2O6S/c23-16(4-1-7-19(25)26)21-14-9-11-15(12-10-14)22(18-6-3-13-29-18)17(24)5-2-8-20(27)28/h3,6,9-13H,1-2,4-5,7-8H2,(H,21,23)(H,25,26)(H,27,28). The second-order valence-corrected chi connectivity index (χ2v) is 7.20. The van der Waals surface area contributed by atoms with E-state index in [0.717, 1.165) is 5.00 Å². The van der Waals surface area contributed by atoms with Crippen molar-refractivity contribution in [3.8, 4) is 0 Å². The number of anilines is 3. The van der Waals surface area contributed by atoms with Crippen molar-refractivity contribution >= 4 is 51.5 Å². The maximum absolute atomic E-state index is 12.7. The van der Waals surface area contributed by atoms with Crippen LogP contribution in [0.5, 0.6) is 0 Å². The Labute approximate surface area is 171 Å². The van der Waals surface area contributed by atoms with Gasteiger partial charge in [-0.05, 0) is 54.6 Å². The van der Waals surface area contributed by atoms with Crippen molar-refractivity contribution in [1.29, 1.82) is 0 Å². The smallest absolute Gasteiger partial charge is 0.303 e. The van der Waals surface area contributed by atoms with Crippen LogP contribution in [0.4, 0.5) is 16.4 Å². The van der Waals surface area contributed by atoms with Gasteiger partial charge in [0, 0.05) is 37.1 Å². The minimum atomic E-state index is -0.941. The summed E-state index contributed by atoms with van der Waals surface area (Å²) in [5.74, 6) is -2.37. The quantitative estimate of drug-likeness (QED) is 0.509. The summed E-state index contributed by atoms with van der Waals surface area (Å²) >= 11 is 1.39. The maximum Gasteiger partial charge on any atom is 0.303 e. The molecule has 0 aliphatic carbocycles. The summed E-state index contributed by atoms with van der Waals surface area (Å²) in [5.41, 5.74) is 1.15. The van der Waals surface area contributed by atoms with Crippen LogP contribution in [0.15, 0.2) is 41.8 Å². The molecule has 0 unspecified atom stereocenters. The number of carboxylic acids is 2. The molecule has 2 amide bonds. The third kappa shape index (κ3) is 7.38. The van der Waals surface area contributed by atoms with E-state index in [9.17, 15) is 19.2 Å². The van der Waals surface area contributed by atoms with Crippen molar-refractivity contribution in [3.05, 3.63) is 41.8 Å². The fraction of sp³-hybridized carbons (Fsp3) is 0.300. The lowest BCUT2D eigenvalue weighted by Gasteiger charge is -2.21. The van der Waals surface area contributed by atoms with Gasteiger partial charge < -0.3 is 15.5 Å². The zero-order valence-electron chi connectivity index (χ0n) is 15.7. The van der Waals surface area contributed by atoms with Crippen LogP contribution in [0.25, 0.3) is 0 Å². The average Bonchev–Trinajstić information content (AvgIpc) is 3.17. The maximum atomic E-state index is 12.7. The van der Waals surface area contributed by atoms with Gasteiger partial charge in [0.05, 0.1) is 0 Å². The van der Waals surface area contributed by atoms with Crippen LogP contribution in [0, 0.1) is 0 Å². The van der Waals surface area contributed by atoms with Crippen LogP contribution < -0.4 is 10.2 Å². The number of hydrogen-bond donors (Lipinski definition) is 3. The topological polar surface area (TPSA) is 124 Å². The fourth-order valence-corrected chi connectivity index (χ4v) is 3.38. The number of hydrogen-bond acceptors (Lipinski definition) is 5. The van der Waals surface area contributed by atoms with Gasteiger partial charge in [0.1, 0.15) is 5.00 Å². The zero-order valence-corrected chi connectivity index (χ0v) is 16.5. The summed E-state index contributed by atoms with van der Waals surface area (Å²) < 4.78 is 0. The Hall–Kier alpha value is -3.20. The molecule has 0 atom stereocenters. The molecule has 0 saturated heterocycles. The van der Waals surface area contributed by atoms with Crippen LogP contribution in [-0.2, 0) is 19.2 Å². The van der Waals surface area contributed by atoms with Crippen LogP contribution in [-0.4, -0.2) is 34.0 Å². The van der Waals surface area contributed by atoms with E-state index in [1.54, 1.807) is 30.3 Å². The van der Waals surface area contributed by atoms with E-state index in [2.05, 4.69) is 5.32 Å². The van der Waals surface area contributed by atoms with Gasteiger partial charge in [-0.3, -0.25) is 24.1 Å². The molecule has 3 N–H and O–H groups in total. The molecule has 0 radical (unpaired) electrons. The van der Waals surface area contributed by atoms with Crippen molar-refractivity contribution in [3.63, 3.8) is 0 Å². The lowest BCUT2D eigenvalue weighted by Crippen LogP contribution is -2.25. The van der Waals surface area contributed by atoms with Crippen LogP contribution in [0.3, 0.4) is 0 Å². The van der Waals surface area contributed by atoms with Crippen molar-refractivity contribution in [1.82, 2.24) is 0 Å². The van der Waals surface area contributed by atoms with Crippen LogP contribution in [0.2, 0.25) is 0 Å². The Morgan fingerprint density at radius 3 is 2.03 bits per heavy atom. The molecule has 0 saturated carbocycles. The number of aliphatic carboxylic acids is 2. The second-order valence-electron chi connectivity index (χ2n) is 6.27. The van der Waals surface area contributed by atoms with Gasteiger partial charge in [-0.1, -0.05) is 0 Å². The highest BCUT2D eigenvalue weighted by atomic mass is 32.1. The Morgan fingerprint density at radius 1 is 0.862 bits per heavy atom. The second kappa shape index (κ2) is 11.0. The molecule has 29 heavy (non-hydrogen) atoms. The zero-order chi connectivity index (χ0) is 21.2. The predicted molar refractivity (Wildman–Crippen MR) is 110 cm³/mol. The molecule has 0 bridgehead atoms. The molecular formula is C20H22N2O6S. The largest absolute Gasteiger partial charge is 0.481 e. The van der Waals surface area contributed by atoms with Crippen molar-refractivity contribution in [2.75, 3.05) is 10.2 Å². The van der Waals surface area contributed by atoms with Crippen molar-refractivity contribution in [2.45, 2.75) is 38.5 Å². The van der Waals surface area contributed by atoms with E-state index < -0.39 is 11.9 Å². The van der Waals surface area contributed by atoms with Gasteiger partial charge >= 0.3 is 11.9 Å². The molecule has 1 aromatic heterocycles. The van der Waals surface area contributed by atoms with E-state index >= 15 is 0 Å². The third-order valence-electron chi connectivity index (χ3n) is 3.96. The third-order valence-corrected chi connectivity index (χ3v) is 4.81. The molecule has 154 valence electrons. The van der Waals surface area contributed by atoms with Gasteiger partial charge in [-0.2, -0.15) is 0 Å². The lowest BCUT2D eigenvalue weighted by atomic mass is 10.2. The molecule has 2 aromatic rings. The van der Waals surface area contributed by atoms with E-state index in [1.165, 1.54) is 16.2 Å². The first kappa shape index (κ1) is 22.1. The van der Waals surface area contributed by atoms with Crippen molar-refractivity contribution < 1.29 is 29.4 Å². The highest BCUT2D eigenvalue weighted by Gasteiger charge is 2.19. The highest BCUT2D eigenvalue weighted by Crippen LogP contribution is 2.31. The van der Waals surface area contributed by atoms with E-state index in [1.807, 2.05) is 11.4 Å². The first-order valence-corrected chi connectivity index (χ1v) is 9.94. The number of thiophene rings is 1. The van der Waals surface area contributed by atoms with Gasteiger partial charge in [0.25, 0.3) is 0 Å². The number of benzene rings is 1. The summed E-state index contributed by atoms with van der Waals surface area (Å²) in [5, 5.41) is 22.6. The molecule has 0 aliphatic rings. The normalized spacial score (nSPS) is 10.3. The Balaban J connectivity index is 2.04. The van der Waals surface area contributed by atoms with E-state index in [-0.39, 0.29) is 50.3 Å². The molecule has 8 nitrogen and oxygen atoms in total. The molecular weight excluding hydrogens is 396 g/mol. The van der Waals surface area contributed by atoms with Gasteiger partial charge in [-0.25, -0.2) is 0 Å². The fourth-order valence-electron chi connectivity index (χ4n) is 2.61. The number of carbonyl (C=O) groups excluding carboxylic acids is 2. The predicted octanol–water partition coefficient (Wildman–Crippen LogP) is 3.86. The molecule has 9 heteroatoms. The first-order valence-electron chi connectivity index (χ1n) is 9.07. The minimum absolute atomic E-state index is 0.0634. The number of nitrogens with one attached hydrogen (secondary N) is 1. The van der Waals surface area contributed by atoms with E-state index in [4.69, 9.17) is 10.2 Å².